The molecule has 2 N–H and O–H groups in total. The summed E-state index contributed by atoms with van der Waals surface area (Å²) in [5.41, 5.74) is 1.63. The van der Waals surface area contributed by atoms with Crippen LogP contribution in [0.3, 0.4) is 0 Å². The Hall–Kier alpha value is -1.51. The van der Waals surface area contributed by atoms with Gasteiger partial charge in [0.25, 0.3) is 0 Å². The second kappa shape index (κ2) is 14.6. The molecule has 3 heteroatoms. The number of rotatable bonds is 15. The molecule has 0 bridgehead atoms. The predicted octanol–water partition coefficient (Wildman–Crippen LogP) is 6.98. The second-order valence-electron chi connectivity index (χ2n) is 7.53. The third-order valence-corrected chi connectivity index (χ3v) is 4.94. The Kier molecular flexibility index (Phi) is 12.7. The molecule has 1 aromatic rings. The average Bonchev–Trinajstić information content (AvgIpc) is 2.61. The van der Waals surface area contributed by atoms with E-state index >= 15 is 0 Å². The quantitative estimate of drug-likeness (QED) is 0.261. The highest BCUT2D eigenvalue weighted by Gasteiger charge is 2.04. The molecule has 0 aliphatic carbocycles. The van der Waals surface area contributed by atoms with E-state index in [1.54, 1.807) is 12.1 Å². The van der Waals surface area contributed by atoms with Crippen LogP contribution in [0, 0.1) is 0 Å². The fourth-order valence-corrected chi connectivity index (χ4v) is 3.37. The zero-order chi connectivity index (χ0) is 19.0. The molecule has 0 saturated heterocycles. The van der Waals surface area contributed by atoms with Gasteiger partial charge < -0.3 is 10.4 Å². The third kappa shape index (κ3) is 11.2. The second-order valence-corrected chi connectivity index (χ2v) is 7.53. The minimum Gasteiger partial charge on any atom is -0.506 e. The van der Waals surface area contributed by atoms with Crippen molar-refractivity contribution in [3.05, 3.63) is 23.8 Å². The van der Waals surface area contributed by atoms with E-state index in [2.05, 4.69) is 12.2 Å². The van der Waals surface area contributed by atoms with Gasteiger partial charge in [-0.1, -0.05) is 90.0 Å². The zero-order valence-corrected chi connectivity index (χ0v) is 17.0. The highest BCUT2D eigenvalue weighted by Crippen LogP contribution is 2.25. The number of phenols is 1. The van der Waals surface area contributed by atoms with Crippen molar-refractivity contribution in [1.29, 1.82) is 0 Å². The molecule has 1 rings (SSSR count). The molecule has 0 atom stereocenters. The minimum absolute atomic E-state index is 0.160. The van der Waals surface area contributed by atoms with E-state index in [4.69, 9.17) is 0 Å². The number of aromatic hydroxyl groups is 1. The third-order valence-electron chi connectivity index (χ3n) is 4.94. The highest BCUT2D eigenvalue weighted by atomic mass is 16.3. The van der Waals surface area contributed by atoms with Gasteiger partial charge in [0.2, 0.25) is 5.91 Å². The summed E-state index contributed by atoms with van der Waals surface area (Å²) in [6.45, 7) is 3.72. The van der Waals surface area contributed by atoms with Gasteiger partial charge in [-0.05, 0) is 30.5 Å². The van der Waals surface area contributed by atoms with Crippen molar-refractivity contribution in [2.24, 2.45) is 0 Å². The lowest BCUT2D eigenvalue weighted by Crippen LogP contribution is -2.05. The van der Waals surface area contributed by atoms with Crippen molar-refractivity contribution in [3.63, 3.8) is 0 Å². The standard InChI is InChI=1S/C23H39NO2/c1-3-4-5-6-7-8-9-10-11-12-13-14-15-16-21-17-18-22(23(26)19-21)24-20(2)25/h17-19,26H,3-16H2,1-2H3,(H,24,25). The molecule has 0 fully saturated rings. The Bertz CT molecular complexity index is 499. The van der Waals surface area contributed by atoms with E-state index in [9.17, 15) is 9.90 Å². The molecule has 0 unspecified atom stereocenters. The van der Waals surface area contributed by atoms with Crippen LogP contribution in [0.5, 0.6) is 5.75 Å². The van der Waals surface area contributed by atoms with Crippen molar-refractivity contribution >= 4 is 11.6 Å². The number of benzene rings is 1. The van der Waals surface area contributed by atoms with Gasteiger partial charge in [0.05, 0.1) is 5.69 Å². The maximum absolute atomic E-state index is 11.0. The fourth-order valence-electron chi connectivity index (χ4n) is 3.37. The number of carbonyl (C=O) groups is 1. The lowest BCUT2D eigenvalue weighted by molar-refractivity contribution is -0.114. The molecule has 1 amide bonds. The number of amides is 1. The summed E-state index contributed by atoms with van der Waals surface area (Å²) in [5.74, 6) is -0.00284. The summed E-state index contributed by atoms with van der Waals surface area (Å²) >= 11 is 0. The Labute approximate surface area is 160 Å². The molecule has 0 aliphatic rings. The number of hydrogen-bond acceptors (Lipinski definition) is 2. The van der Waals surface area contributed by atoms with Crippen molar-refractivity contribution < 1.29 is 9.90 Å². The Morgan fingerprint density at radius 3 is 1.81 bits per heavy atom. The maximum Gasteiger partial charge on any atom is 0.221 e. The average molecular weight is 362 g/mol. The Balaban J connectivity index is 1.97. The van der Waals surface area contributed by atoms with Crippen LogP contribution in [0.25, 0.3) is 0 Å². The van der Waals surface area contributed by atoms with E-state index in [1.807, 2.05) is 6.07 Å². The first kappa shape index (κ1) is 22.5. The molecule has 0 aromatic heterocycles. The zero-order valence-electron chi connectivity index (χ0n) is 17.0. The minimum atomic E-state index is -0.162. The Morgan fingerprint density at radius 2 is 1.35 bits per heavy atom. The number of aryl methyl sites for hydroxylation is 1. The predicted molar refractivity (Wildman–Crippen MR) is 112 cm³/mol. The number of anilines is 1. The first-order valence-electron chi connectivity index (χ1n) is 10.7. The monoisotopic (exact) mass is 361 g/mol. The topological polar surface area (TPSA) is 49.3 Å². The summed E-state index contributed by atoms with van der Waals surface area (Å²) < 4.78 is 0. The van der Waals surface area contributed by atoms with Crippen molar-refractivity contribution in [2.45, 2.75) is 104 Å². The molecule has 1 aromatic carbocycles. The molecule has 3 nitrogen and oxygen atoms in total. The SMILES string of the molecule is CCCCCCCCCCCCCCCc1ccc(NC(C)=O)c(O)c1. The molecule has 0 saturated carbocycles. The van der Waals surface area contributed by atoms with Crippen LogP contribution in [0.1, 0.15) is 103 Å². The van der Waals surface area contributed by atoms with Gasteiger partial charge >= 0.3 is 0 Å². The number of nitrogens with one attached hydrogen (secondary N) is 1. The normalized spacial score (nSPS) is 10.8. The molecule has 26 heavy (non-hydrogen) atoms. The van der Waals surface area contributed by atoms with Gasteiger partial charge in [-0.3, -0.25) is 4.79 Å². The number of hydrogen-bond donors (Lipinski definition) is 2. The van der Waals surface area contributed by atoms with Crippen LogP contribution in [0.4, 0.5) is 5.69 Å². The van der Waals surface area contributed by atoms with Crippen molar-refractivity contribution in [1.82, 2.24) is 0 Å². The molecule has 0 radical (unpaired) electrons. The molecular weight excluding hydrogens is 322 g/mol. The van der Waals surface area contributed by atoms with E-state index in [0.29, 0.717) is 5.69 Å². The summed E-state index contributed by atoms with van der Waals surface area (Å²) in [6, 6.07) is 5.55. The fraction of sp³-hybridized carbons (Fsp3) is 0.696. The van der Waals surface area contributed by atoms with Crippen LogP contribution in [0.2, 0.25) is 0 Å². The first-order valence-corrected chi connectivity index (χ1v) is 10.7. The first-order chi connectivity index (χ1) is 12.6. The van der Waals surface area contributed by atoms with Crippen LogP contribution in [0.15, 0.2) is 18.2 Å². The number of unbranched alkanes of at least 4 members (excludes halogenated alkanes) is 12. The van der Waals surface area contributed by atoms with Gasteiger partial charge in [-0.2, -0.15) is 0 Å². The largest absolute Gasteiger partial charge is 0.506 e. The lowest BCUT2D eigenvalue weighted by Gasteiger charge is -2.08. The summed E-state index contributed by atoms with van der Waals surface area (Å²) in [5, 5.41) is 12.6. The van der Waals surface area contributed by atoms with Crippen LogP contribution < -0.4 is 5.32 Å². The van der Waals surface area contributed by atoms with Gasteiger partial charge in [-0.25, -0.2) is 0 Å². The highest BCUT2D eigenvalue weighted by molar-refractivity contribution is 5.90. The Morgan fingerprint density at radius 1 is 0.846 bits per heavy atom. The maximum atomic E-state index is 11.0. The summed E-state index contributed by atoms with van der Waals surface area (Å²) in [7, 11) is 0. The van der Waals surface area contributed by atoms with E-state index in [0.717, 1.165) is 18.4 Å². The van der Waals surface area contributed by atoms with E-state index in [1.165, 1.54) is 84.0 Å². The van der Waals surface area contributed by atoms with E-state index in [-0.39, 0.29) is 11.7 Å². The van der Waals surface area contributed by atoms with Crippen molar-refractivity contribution in [3.8, 4) is 5.75 Å². The van der Waals surface area contributed by atoms with Crippen LogP contribution >= 0.6 is 0 Å². The van der Waals surface area contributed by atoms with Crippen molar-refractivity contribution in [2.75, 3.05) is 5.32 Å². The molecule has 148 valence electrons. The van der Waals surface area contributed by atoms with Crippen LogP contribution in [-0.4, -0.2) is 11.0 Å². The molecule has 0 aliphatic heterocycles. The molecule has 0 spiro atoms. The number of carbonyl (C=O) groups excluding carboxylic acids is 1. The van der Waals surface area contributed by atoms with Gasteiger partial charge in [0.15, 0.2) is 0 Å². The van der Waals surface area contributed by atoms with Gasteiger partial charge in [0, 0.05) is 6.92 Å². The summed E-state index contributed by atoms with van der Waals surface area (Å²) in [6.07, 6.45) is 18.7. The van der Waals surface area contributed by atoms with Crippen LogP contribution in [-0.2, 0) is 11.2 Å². The lowest BCUT2D eigenvalue weighted by atomic mass is 10.0. The smallest absolute Gasteiger partial charge is 0.221 e. The number of phenolic OH excluding ortho intramolecular Hbond substituents is 1. The molecule has 0 heterocycles. The summed E-state index contributed by atoms with van der Waals surface area (Å²) in [4.78, 5) is 11.0. The van der Waals surface area contributed by atoms with E-state index < -0.39 is 0 Å². The van der Waals surface area contributed by atoms with Gasteiger partial charge in [-0.15, -0.1) is 0 Å². The van der Waals surface area contributed by atoms with Gasteiger partial charge in [0.1, 0.15) is 5.75 Å². The molecular formula is C23H39NO2.